The molecule has 2 rings (SSSR count). The molecule has 0 aliphatic heterocycles. The summed E-state index contributed by atoms with van der Waals surface area (Å²) in [6.45, 7) is 6.75. The number of anilines is 2. The van der Waals surface area contributed by atoms with E-state index in [9.17, 15) is 9.59 Å². The van der Waals surface area contributed by atoms with Crippen molar-refractivity contribution in [1.29, 1.82) is 0 Å². The highest BCUT2D eigenvalue weighted by Crippen LogP contribution is 2.17. The molecule has 0 saturated heterocycles. The lowest BCUT2D eigenvalue weighted by molar-refractivity contribution is -0.118. The smallest absolute Gasteiger partial charge is 0.228 e. The second-order valence-electron chi connectivity index (χ2n) is 5.79. The molecule has 24 heavy (non-hydrogen) atoms. The Kier molecular flexibility index (Phi) is 6.13. The maximum atomic E-state index is 12.5. The van der Waals surface area contributed by atoms with E-state index in [1.165, 1.54) is 0 Å². The van der Waals surface area contributed by atoms with Crippen molar-refractivity contribution >= 4 is 23.1 Å². The topological polar surface area (TPSA) is 49.4 Å². The molecule has 4 heteroatoms. The number of ketones is 1. The second kappa shape index (κ2) is 8.29. The third-order valence-corrected chi connectivity index (χ3v) is 3.89. The molecule has 0 aliphatic carbocycles. The highest BCUT2D eigenvalue weighted by molar-refractivity contribution is 5.94. The second-order valence-corrected chi connectivity index (χ2v) is 5.79. The van der Waals surface area contributed by atoms with Crippen LogP contribution in [0.4, 0.5) is 11.4 Å². The molecule has 0 aliphatic rings. The molecule has 0 radical (unpaired) electrons. The molecule has 0 unspecified atom stereocenters. The van der Waals surface area contributed by atoms with Gasteiger partial charge in [0.1, 0.15) is 0 Å². The number of hydrogen-bond donors (Lipinski definition) is 1. The third kappa shape index (κ3) is 4.69. The molecule has 1 N–H and O–H groups in total. The van der Waals surface area contributed by atoms with E-state index in [0.29, 0.717) is 25.1 Å². The Labute approximate surface area is 143 Å². The molecule has 1 amide bonds. The maximum Gasteiger partial charge on any atom is 0.228 e. The van der Waals surface area contributed by atoms with E-state index in [1.807, 2.05) is 50.2 Å². The summed E-state index contributed by atoms with van der Waals surface area (Å²) in [6.07, 6.45) is 0.413. The molecule has 126 valence electrons. The van der Waals surface area contributed by atoms with Gasteiger partial charge in [0.25, 0.3) is 0 Å². The number of aryl methyl sites for hydroxylation is 1. The third-order valence-electron chi connectivity index (χ3n) is 3.89. The van der Waals surface area contributed by atoms with E-state index in [4.69, 9.17) is 0 Å². The van der Waals surface area contributed by atoms with Crippen LogP contribution in [0, 0.1) is 6.92 Å². The van der Waals surface area contributed by atoms with Crippen molar-refractivity contribution in [2.24, 2.45) is 0 Å². The highest BCUT2D eigenvalue weighted by atomic mass is 16.2. The number of hydrogen-bond acceptors (Lipinski definition) is 3. The molecule has 2 aromatic carbocycles. The predicted molar refractivity (Wildman–Crippen MR) is 98.8 cm³/mol. The fraction of sp³-hybridized carbons (Fsp3) is 0.300. The van der Waals surface area contributed by atoms with Crippen LogP contribution >= 0.6 is 0 Å². The average Bonchev–Trinajstić information content (AvgIpc) is 2.56. The first-order valence-electron chi connectivity index (χ1n) is 8.23. The Morgan fingerprint density at radius 1 is 1.08 bits per heavy atom. The molecule has 0 heterocycles. The SMILES string of the molecule is CCN(C(=O)CCNc1ccc(C(C)=O)cc1)c1cccc(C)c1. The van der Waals surface area contributed by atoms with Crippen molar-refractivity contribution < 1.29 is 9.59 Å². The average molecular weight is 324 g/mol. The summed E-state index contributed by atoms with van der Waals surface area (Å²) in [4.78, 5) is 25.5. The van der Waals surface area contributed by atoms with Crippen LogP contribution in [0.1, 0.15) is 36.2 Å². The summed E-state index contributed by atoms with van der Waals surface area (Å²) in [7, 11) is 0. The van der Waals surface area contributed by atoms with Crippen molar-refractivity contribution in [2.45, 2.75) is 27.2 Å². The fourth-order valence-electron chi connectivity index (χ4n) is 2.57. The lowest BCUT2D eigenvalue weighted by Crippen LogP contribution is -2.31. The summed E-state index contributed by atoms with van der Waals surface area (Å²) in [6, 6.07) is 15.3. The van der Waals surface area contributed by atoms with Crippen molar-refractivity contribution in [1.82, 2.24) is 0 Å². The van der Waals surface area contributed by atoms with E-state index >= 15 is 0 Å². The van der Waals surface area contributed by atoms with Crippen LogP contribution in [-0.4, -0.2) is 24.8 Å². The number of Topliss-reactive ketones (excluding diaryl/α,β-unsaturated/α-hetero) is 1. The molecule has 0 bridgehead atoms. The van der Waals surface area contributed by atoms with Gasteiger partial charge in [0.15, 0.2) is 5.78 Å². The zero-order valence-corrected chi connectivity index (χ0v) is 14.5. The molecule has 0 saturated carbocycles. The molecule has 0 atom stereocenters. The Hall–Kier alpha value is -2.62. The number of carbonyl (C=O) groups is 2. The molecule has 0 aromatic heterocycles. The van der Waals surface area contributed by atoms with Gasteiger partial charge in [0.2, 0.25) is 5.91 Å². The number of amides is 1. The van der Waals surface area contributed by atoms with Gasteiger partial charge >= 0.3 is 0 Å². The van der Waals surface area contributed by atoms with E-state index in [0.717, 1.165) is 16.9 Å². The summed E-state index contributed by atoms with van der Waals surface area (Å²) in [5.74, 6) is 0.143. The van der Waals surface area contributed by atoms with Gasteiger partial charge < -0.3 is 10.2 Å². The number of carbonyl (C=O) groups excluding carboxylic acids is 2. The van der Waals surface area contributed by atoms with Crippen molar-refractivity contribution in [3.63, 3.8) is 0 Å². The molecule has 0 fully saturated rings. The fourth-order valence-corrected chi connectivity index (χ4v) is 2.57. The zero-order chi connectivity index (χ0) is 17.5. The molecule has 4 nitrogen and oxygen atoms in total. The standard InChI is InChI=1S/C20H24N2O2/c1-4-22(19-7-5-6-15(2)14-19)20(24)12-13-21-18-10-8-17(9-11-18)16(3)23/h5-11,14,21H,4,12-13H2,1-3H3. The predicted octanol–water partition coefficient (Wildman–Crippen LogP) is 4.05. The quantitative estimate of drug-likeness (QED) is 0.782. The summed E-state index contributed by atoms with van der Waals surface area (Å²) >= 11 is 0. The van der Waals surface area contributed by atoms with Gasteiger partial charge in [-0.05, 0) is 62.7 Å². The van der Waals surface area contributed by atoms with Gasteiger partial charge in [-0.25, -0.2) is 0 Å². The van der Waals surface area contributed by atoms with Gasteiger partial charge in [-0.1, -0.05) is 12.1 Å². The number of nitrogens with zero attached hydrogens (tertiary/aromatic N) is 1. The highest BCUT2D eigenvalue weighted by Gasteiger charge is 2.13. The molecular weight excluding hydrogens is 300 g/mol. The molecule has 2 aromatic rings. The van der Waals surface area contributed by atoms with E-state index in [2.05, 4.69) is 5.32 Å². The number of rotatable bonds is 7. The van der Waals surface area contributed by atoms with Crippen molar-refractivity contribution in [3.05, 3.63) is 59.7 Å². The largest absolute Gasteiger partial charge is 0.385 e. The lowest BCUT2D eigenvalue weighted by atomic mass is 10.1. The number of benzene rings is 2. The Morgan fingerprint density at radius 3 is 2.38 bits per heavy atom. The minimum absolute atomic E-state index is 0.0495. The lowest BCUT2D eigenvalue weighted by Gasteiger charge is -2.21. The van der Waals surface area contributed by atoms with Crippen molar-refractivity contribution in [2.75, 3.05) is 23.3 Å². The van der Waals surface area contributed by atoms with Gasteiger partial charge in [-0.2, -0.15) is 0 Å². The Morgan fingerprint density at radius 2 is 1.79 bits per heavy atom. The first-order valence-corrected chi connectivity index (χ1v) is 8.23. The van der Waals surface area contributed by atoms with Crippen molar-refractivity contribution in [3.8, 4) is 0 Å². The minimum Gasteiger partial charge on any atom is -0.385 e. The van der Waals surface area contributed by atoms with Crippen LogP contribution in [0.5, 0.6) is 0 Å². The van der Waals surface area contributed by atoms with Crippen LogP contribution in [0.25, 0.3) is 0 Å². The van der Waals surface area contributed by atoms with Crippen LogP contribution < -0.4 is 10.2 Å². The summed E-state index contributed by atoms with van der Waals surface area (Å²) < 4.78 is 0. The van der Waals surface area contributed by atoms with Crippen LogP contribution in [0.2, 0.25) is 0 Å². The maximum absolute atomic E-state index is 12.5. The van der Waals surface area contributed by atoms with Gasteiger partial charge in [-0.15, -0.1) is 0 Å². The monoisotopic (exact) mass is 324 g/mol. The minimum atomic E-state index is 0.0495. The number of nitrogens with one attached hydrogen (secondary N) is 1. The molecular formula is C20H24N2O2. The van der Waals surface area contributed by atoms with Crippen LogP contribution in [0.3, 0.4) is 0 Å². The Bertz CT molecular complexity index is 708. The molecule has 0 spiro atoms. The first-order chi connectivity index (χ1) is 11.5. The van der Waals surface area contributed by atoms with E-state index in [-0.39, 0.29) is 11.7 Å². The van der Waals surface area contributed by atoms with Gasteiger partial charge in [-0.3, -0.25) is 9.59 Å². The summed E-state index contributed by atoms with van der Waals surface area (Å²) in [5.41, 5.74) is 3.68. The normalized spacial score (nSPS) is 10.3. The van der Waals surface area contributed by atoms with Crippen LogP contribution in [-0.2, 0) is 4.79 Å². The van der Waals surface area contributed by atoms with E-state index in [1.54, 1.807) is 24.0 Å². The van der Waals surface area contributed by atoms with Crippen LogP contribution in [0.15, 0.2) is 48.5 Å². The Balaban J connectivity index is 1.90. The zero-order valence-electron chi connectivity index (χ0n) is 14.5. The first kappa shape index (κ1) is 17.7. The van der Waals surface area contributed by atoms with Gasteiger partial charge in [0.05, 0.1) is 0 Å². The van der Waals surface area contributed by atoms with E-state index < -0.39 is 0 Å². The summed E-state index contributed by atoms with van der Waals surface area (Å²) in [5, 5.41) is 3.22. The van der Waals surface area contributed by atoms with Gasteiger partial charge in [0, 0.05) is 36.4 Å².